The van der Waals surface area contributed by atoms with E-state index in [-0.39, 0.29) is 0 Å². The van der Waals surface area contributed by atoms with Crippen LogP contribution in [0.1, 0.15) is 0 Å². The van der Waals surface area contributed by atoms with Gasteiger partial charge in [0.1, 0.15) is 5.52 Å². The molecule has 0 saturated heterocycles. The summed E-state index contributed by atoms with van der Waals surface area (Å²) in [5, 5.41) is 3.84. The predicted octanol–water partition coefficient (Wildman–Crippen LogP) is 2.36. The smallest absolute Gasteiger partial charge is 0.205 e. The first-order chi connectivity index (χ1) is 8.24. The van der Waals surface area contributed by atoms with Gasteiger partial charge in [0.05, 0.1) is 26.0 Å². The lowest BCUT2D eigenvalue weighted by atomic mass is 10.2. The van der Waals surface area contributed by atoms with Gasteiger partial charge in [0.15, 0.2) is 16.6 Å². The van der Waals surface area contributed by atoms with Gasteiger partial charge < -0.3 is 19.5 Å². The molecular formula is C11H14N2O3S. The molecule has 2 aromatic rings. The Hall–Kier alpha value is -1.69. The lowest BCUT2D eigenvalue weighted by Crippen LogP contribution is -1.95. The van der Waals surface area contributed by atoms with Gasteiger partial charge in [-0.05, 0) is 0 Å². The summed E-state index contributed by atoms with van der Waals surface area (Å²) in [6.45, 7) is 0. The Kier molecular flexibility index (Phi) is 3.23. The molecule has 0 aliphatic rings. The lowest BCUT2D eigenvalue weighted by molar-refractivity contribution is 0.327. The number of anilines is 1. The molecule has 0 bridgehead atoms. The maximum Gasteiger partial charge on any atom is 0.205 e. The zero-order chi connectivity index (χ0) is 12.4. The number of methoxy groups -OCH3 is 3. The van der Waals surface area contributed by atoms with Crippen LogP contribution < -0.4 is 19.5 Å². The Morgan fingerprint density at radius 1 is 1.12 bits per heavy atom. The Morgan fingerprint density at radius 2 is 1.82 bits per heavy atom. The molecule has 0 atom stereocenters. The molecule has 0 aliphatic carbocycles. The molecule has 17 heavy (non-hydrogen) atoms. The van der Waals surface area contributed by atoms with Crippen molar-refractivity contribution in [2.24, 2.45) is 0 Å². The highest BCUT2D eigenvalue weighted by molar-refractivity contribution is 7.22. The highest BCUT2D eigenvalue weighted by Crippen LogP contribution is 2.45. The van der Waals surface area contributed by atoms with Crippen molar-refractivity contribution in [3.05, 3.63) is 6.07 Å². The van der Waals surface area contributed by atoms with Crippen LogP contribution >= 0.6 is 11.3 Å². The number of fused-ring (bicyclic) bond motifs is 1. The van der Waals surface area contributed by atoms with Crippen LogP contribution in [0.25, 0.3) is 10.2 Å². The van der Waals surface area contributed by atoms with Crippen LogP contribution in [0.15, 0.2) is 6.07 Å². The van der Waals surface area contributed by atoms with Crippen molar-refractivity contribution in [1.82, 2.24) is 4.98 Å². The Morgan fingerprint density at radius 3 is 2.35 bits per heavy atom. The van der Waals surface area contributed by atoms with Crippen LogP contribution in [-0.4, -0.2) is 33.4 Å². The van der Waals surface area contributed by atoms with E-state index in [9.17, 15) is 0 Å². The van der Waals surface area contributed by atoms with Gasteiger partial charge in [-0.1, -0.05) is 11.3 Å². The topological polar surface area (TPSA) is 52.6 Å². The number of hydrogen-bond acceptors (Lipinski definition) is 6. The monoisotopic (exact) mass is 254 g/mol. The Balaban J connectivity index is 2.76. The van der Waals surface area contributed by atoms with Crippen LogP contribution in [0, 0.1) is 0 Å². The molecule has 92 valence electrons. The van der Waals surface area contributed by atoms with Gasteiger partial charge >= 0.3 is 0 Å². The van der Waals surface area contributed by atoms with Gasteiger partial charge in [-0.15, -0.1) is 0 Å². The summed E-state index contributed by atoms with van der Waals surface area (Å²) < 4.78 is 16.9. The molecule has 0 radical (unpaired) electrons. The van der Waals surface area contributed by atoms with Crippen LogP contribution in [0.4, 0.5) is 5.13 Å². The minimum atomic E-state index is 0.565. The van der Waals surface area contributed by atoms with Crippen LogP contribution in [-0.2, 0) is 0 Å². The van der Waals surface area contributed by atoms with E-state index < -0.39 is 0 Å². The first-order valence-electron chi connectivity index (χ1n) is 5.02. The molecule has 6 heteroatoms. The fraction of sp³-hybridized carbons (Fsp3) is 0.364. The molecule has 0 spiro atoms. The van der Waals surface area contributed by atoms with Gasteiger partial charge in [0, 0.05) is 13.1 Å². The summed E-state index contributed by atoms with van der Waals surface area (Å²) in [6, 6.07) is 1.90. The number of nitrogens with one attached hydrogen (secondary N) is 1. The molecule has 2 rings (SSSR count). The number of ether oxygens (including phenoxy) is 3. The summed E-state index contributed by atoms with van der Waals surface area (Å²) in [5.74, 6) is 1.80. The molecule has 1 N–H and O–H groups in total. The van der Waals surface area contributed by atoms with E-state index in [1.807, 2.05) is 13.1 Å². The molecule has 0 amide bonds. The first kappa shape index (κ1) is 11.8. The molecule has 1 heterocycles. The first-order valence-corrected chi connectivity index (χ1v) is 5.84. The van der Waals surface area contributed by atoms with Gasteiger partial charge in [-0.2, -0.15) is 0 Å². The van der Waals surface area contributed by atoms with Crippen molar-refractivity contribution in [3.63, 3.8) is 0 Å². The van der Waals surface area contributed by atoms with Crippen LogP contribution in [0.5, 0.6) is 17.2 Å². The molecule has 0 fully saturated rings. The SMILES string of the molecule is CNc1nc2c(OC)c(OC)c(OC)cc2s1. The number of hydrogen-bond donors (Lipinski definition) is 1. The lowest BCUT2D eigenvalue weighted by Gasteiger charge is -2.11. The zero-order valence-electron chi connectivity index (χ0n) is 10.2. The molecule has 5 nitrogen and oxygen atoms in total. The second kappa shape index (κ2) is 4.67. The number of aromatic nitrogens is 1. The van der Waals surface area contributed by atoms with Crippen molar-refractivity contribution >= 4 is 26.7 Å². The molecule has 0 aliphatic heterocycles. The van der Waals surface area contributed by atoms with E-state index in [1.54, 1.807) is 21.3 Å². The number of rotatable bonds is 4. The van der Waals surface area contributed by atoms with E-state index in [0.29, 0.717) is 17.2 Å². The zero-order valence-corrected chi connectivity index (χ0v) is 11.0. The Bertz CT molecular complexity index is 539. The van der Waals surface area contributed by atoms with E-state index in [4.69, 9.17) is 14.2 Å². The van der Waals surface area contributed by atoms with Gasteiger partial charge in [0.2, 0.25) is 5.75 Å². The molecule has 0 unspecified atom stereocenters. The normalized spacial score (nSPS) is 10.4. The van der Waals surface area contributed by atoms with Crippen molar-refractivity contribution in [3.8, 4) is 17.2 Å². The quantitative estimate of drug-likeness (QED) is 0.907. The summed E-state index contributed by atoms with van der Waals surface area (Å²) >= 11 is 1.54. The van der Waals surface area contributed by atoms with E-state index in [0.717, 1.165) is 15.3 Å². The van der Waals surface area contributed by atoms with Gasteiger partial charge in [-0.25, -0.2) is 4.98 Å². The van der Waals surface area contributed by atoms with Crippen LogP contribution in [0.3, 0.4) is 0 Å². The minimum absolute atomic E-state index is 0.565. The van der Waals surface area contributed by atoms with Crippen LogP contribution in [0.2, 0.25) is 0 Å². The fourth-order valence-corrected chi connectivity index (χ4v) is 2.49. The Labute approximate surface area is 103 Å². The summed E-state index contributed by atoms with van der Waals surface area (Å²) in [5.41, 5.74) is 0.777. The highest BCUT2D eigenvalue weighted by atomic mass is 32.1. The summed E-state index contributed by atoms with van der Waals surface area (Å²) in [6.07, 6.45) is 0. The predicted molar refractivity (Wildman–Crippen MR) is 68.8 cm³/mol. The second-order valence-electron chi connectivity index (χ2n) is 3.26. The standard InChI is InChI=1S/C11H14N2O3S/c1-12-11-13-8-7(17-11)5-6(14-2)9(15-3)10(8)16-4/h5H,1-4H3,(H,12,13). The van der Waals surface area contributed by atoms with Gasteiger partial charge in [0.25, 0.3) is 0 Å². The van der Waals surface area contributed by atoms with Crippen molar-refractivity contribution < 1.29 is 14.2 Å². The largest absolute Gasteiger partial charge is 0.493 e. The van der Waals surface area contributed by atoms with E-state index in [2.05, 4.69) is 10.3 Å². The molecule has 0 saturated carbocycles. The third kappa shape index (κ3) is 1.84. The summed E-state index contributed by atoms with van der Waals surface area (Å²) in [4.78, 5) is 4.43. The third-order valence-corrected chi connectivity index (χ3v) is 3.42. The van der Waals surface area contributed by atoms with E-state index in [1.165, 1.54) is 11.3 Å². The van der Waals surface area contributed by atoms with Crippen molar-refractivity contribution in [2.75, 3.05) is 33.7 Å². The average Bonchev–Trinajstić information content (AvgIpc) is 2.78. The van der Waals surface area contributed by atoms with Crippen molar-refractivity contribution in [1.29, 1.82) is 0 Å². The molecule has 1 aromatic heterocycles. The molecular weight excluding hydrogens is 240 g/mol. The highest BCUT2D eigenvalue weighted by Gasteiger charge is 2.18. The van der Waals surface area contributed by atoms with E-state index >= 15 is 0 Å². The average molecular weight is 254 g/mol. The number of benzene rings is 1. The fourth-order valence-electron chi connectivity index (χ4n) is 1.64. The minimum Gasteiger partial charge on any atom is -0.493 e. The number of nitrogens with zero attached hydrogens (tertiary/aromatic N) is 1. The second-order valence-corrected chi connectivity index (χ2v) is 4.29. The maximum atomic E-state index is 5.36. The summed E-state index contributed by atoms with van der Waals surface area (Å²) in [7, 11) is 6.61. The molecule has 1 aromatic carbocycles. The maximum absolute atomic E-state index is 5.36. The third-order valence-electron chi connectivity index (χ3n) is 2.40. The van der Waals surface area contributed by atoms with Crippen molar-refractivity contribution in [2.45, 2.75) is 0 Å². The van der Waals surface area contributed by atoms with Gasteiger partial charge in [-0.3, -0.25) is 0 Å². The number of thiazole rings is 1.